The summed E-state index contributed by atoms with van der Waals surface area (Å²) in [5, 5.41) is 8.85. The quantitative estimate of drug-likeness (QED) is 0.878. The second-order valence-electron chi connectivity index (χ2n) is 6.12. The molecule has 0 saturated carbocycles. The Morgan fingerprint density at radius 1 is 1.12 bits per heavy atom. The van der Waals surface area contributed by atoms with Gasteiger partial charge < -0.3 is 19.6 Å². The molecular weight excluding hydrogens is 331 g/mol. The lowest BCUT2D eigenvalue weighted by molar-refractivity contribution is -0.142. The number of aromatic carboxylic acids is 1. The van der Waals surface area contributed by atoms with Gasteiger partial charge in [-0.25, -0.2) is 9.18 Å². The van der Waals surface area contributed by atoms with Crippen molar-refractivity contribution in [3.05, 3.63) is 35.1 Å². The molecule has 0 bridgehead atoms. The van der Waals surface area contributed by atoms with Crippen molar-refractivity contribution in [1.29, 1.82) is 0 Å². The van der Waals surface area contributed by atoms with Crippen LogP contribution in [0.25, 0.3) is 0 Å². The standard InChI is InChI=1S/C17H19FN2O5/c18-13-10-11(17(23)24)3-4-12(13)15(21)19-5-7-20(8-6-19)16(22)14-2-1-9-25-14/h3-4,10,14H,1-2,5-9H2,(H,23,24). The van der Waals surface area contributed by atoms with E-state index in [9.17, 15) is 18.8 Å². The van der Waals surface area contributed by atoms with Crippen LogP contribution < -0.4 is 0 Å². The highest BCUT2D eigenvalue weighted by molar-refractivity contribution is 5.96. The number of piperazine rings is 1. The van der Waals surface area contributed by atoms with Crippen molar-refractivity contribution in [2.24, 2.45) is 0 Å². The fraction of sp³-hybridized carbons (Fsp3) is 0.471. The summed E-state index contributed by atoms with van der Waals surface area (Å²) in [5.41, 5.74) is -0.370. The number of carboxylic acid groups (broad SMARTS) is 1. The first kappa shape index (κ1) is 17.3. The Morgan fingerprint density at radius 3 is 2.36 bits per heavy atom. The Kier molecular flexibility index (Phi) is 4.98. The van der Waals surface area contributed by atoms with E-state index in [0.717, 1.165) is 18.9 Å². The molecule has 1 aromatic rings. The first-order chi connectivity index (χ1) is 12.0. The fourth-order valence-electron chi connectivity index (χ4n) is 3.10. The average molecular weight is 350 g/mol. The molecule has 0 spiro atoms. The third kappa shape index (κ3) is 3.63. The van der Waals surface area contributed by atoms with Crippen molar-refractivity contribution >= 4 is 17.8 Å². The predicted molar refractivity (Wildman–Crippen MR) is 84.8 cm³/mol. The maximum absolute atomic E-state index is 14.0. The third-order valence-electron chi connectivity index (χ3n) is 4.53. The number of ether oxygens (including phenoxy) is 1. The van der Waals surface area contributed by atoms with Crippen LogP contribution in [-0.4, -0.2) is 71.6 Å². The molecule has 134 valence electrons. The van der Waals surface area contributed by atoms with Gasteiger partial charge in [0.05, 0.1) is 11.1 Å². The van der Waals surface area contributed by atoms with Crippen LogP contribution in [0.1, 0.15) is 33.6 Å². The number of hydrogen-bond acceptors (Lipinski definition) is 4. The highest BCUT2D eigenvalue weighted by atomic mass is 19.1. The van der Waals surface area contributed by atoms with E-state index in [4.69, 9.17) is 9.84 Å². The summed E-state index contributed by atoms with van der Waals surface area (Å²) in [6.45, 7) is 1.95. The van der Waals surface area contributed by atoms with Crippen LogP contribution in [0.15, 0.2) is 18.2 Å². The van der Waals surface area contributed by atoms with E-state index >= 15 is 0 Å². The summed E-state index contributed by atoms with van der Waals surface area (Å²) < 4.78 is 19.4. The Balaban J connectivity index is 1.61. The van der Waals surface area contributed by atoms with Crippen LogP contribution in [-0.2, 0) is 9.53 Å². The normalized spacial score (nSPS) is 20.6. The Morgan fingerprint density at radius 2 is 1.80 bits per heavy atom. The smallest absolute Gasteiger partial charge is 0.335 e. The molecule has 2 heterocycles. The zero-order valence-electron chi connectivity index (χ0n) is 13.6. The largest absolute Gasteiger partial charge is 0.478 e. The lowest BCUT2D eigenvalue weighted by atomic mass is 10.1. The molecule has 2 aliphatic heterocycles. The zero-order valence-corrected chi connectivity index (χ0v) is 13.6. The van der Waals surface area contributed by atoms with Crippen molar-refractivity contribution < 1.29 is 28.6 Å². The summed E-state index contributed by atoms with van der Waals surface area (Å²) in [5.74, 6) is -2.66. The van der Waals surface area contributed by atoms with E-state index in [2.05, 4.69) is 0 Å². The summed E-state index contributed by atoms with van der Waals surface area (Å²) in [7, 11) is 0. The molecule has 1 atom stereocenters. The molecule has 0 aromatic heterocycles. The van der Waals surface area contributed by atoms with Crippen molar-refractivity contribution in [2.75, 3.05) is 32.8 Å². The molecule has 2 aliphatic rings. The number of carbonyl (C=O) groups excluding carboxylic acids is 2. The van der Waals surface area contributed by atoms with Crippen LogP contribution >= 0.6 is 0 Å². The van der Waals surface area contributed by atoms with E-state index < -0.39 is 17.7 Å². The van der Waals surface area contributed by atoms with Crippen LogP contribution in [0.4, 0.5) is 4.39 Å². The molecule has 1 N–H and O–H groups in total. The number of carbonyl (C=O) groups is 3. The van der Waals surface area contributed by atoms with Gasteiger partial charge in [-0.15, -0.1) is 0 Å². The van der Waals surface area contributed by atoms with Gasteiger partial charge in [0.2, 0.25) is 0 Å². The van der Waals surface area contributed by atoms with Gasteiger partial charge in [0.1, 0.15) is 11.9 Å². The second-order valence-corrected chi connectivity index (χ2v) is 6.12. The zero-order chi connectivity index (χ0) is 18.0. The first-order valence-corrected chi connectivity index (χ1v) is 8.20. The highest BCUT2D eigenvalue weighted by Gasteiger charge is 2.32. The van der Waals surface area contributed by atoms with Gasteiger partial charge in [-0.1, -0.05) is 0 Å². The van der Waals surface area contributed by atoms with Gasteiger partial charge in [-0.2, -0.15) is 0 Å². The van der Waals surface area contributed by atoms with Crippen molar-refractivity contribution in [2.45, 2.75) is 18.9 Å². The molecule has 0 aliphatic carbocycles. The lowest BCUT2D eigenvalue weighted by Crippen LogP contribution is -2.52. The first-order valence-electron chi connectivity index (χ1n) is 8.20. The van der Waals surface area contributed by atoms with Gasteiger partial charge in [-0.05, 0) is 31.0 Å². The monoisotopic (exact) mass is 350 g/mol. The summed E-state index contributed by atoms with van der Waals surface area (Å²) in [6.07, 6.45) is 1.21. The third-order valence-corrected chi connectivity index (χ3v) is 4.53. The van der Waals surface area contributed by atoms with Crippen molar-refractivity contribution in [3.63, 3.8) is 0 Å². The average Bonchev–Trinajstić information content (AvgIpc) is 3.15. The van der Waals surface area contributed by atoms with Gasteiger partial charge in [-0.3, -0.25) is 9.59 Å². The number of benzene rings is 1. The van der Waals surface area contributed by atoms with E-state index in [1.807, 2.05) is 0 Å². The minimum absolute atomic E-state index is 0.0541. The van der Waals surface area contributed by atoms with E-state index in [-0.39, 0.29) is 23.1 Å². The second kappa shape index (κ2) is 7.18. The molecule has 3 rings (SSSR count). The number of amides is 2. The van der Waals surface area contributed by atoms with Crippen molar-refractivity contribution in [3.8, 4) is 0 Å². The fourth-order valence-corrected chi connectivity index (χ4v) is 3.10. The molecule has 2 amide bonds. The molecule has 1 aromatic carbocycles. The molecule has 8 heteroatoms. The van der Waals surface area contributed by atoms with E-state index in [1.54, 1.807) is 4.90 Å². The lowest BCUT2D eigenvalue weighted by Gasteiger charge is -2.35. The Bertz CT molecular complexity index is 694. The molecule has 25 heavy (non-hydrogen) atoms. The summed E-state index contributed by atoms with van der Waals surface area (Å²) >= 11 is 0. The summed E-state index contributed by atoms with van der Waals surface area (Å²) in [6, 6.07) is 3.23. The van der Waals surface area contributed by atoms with Gasteiger partial charge in [0.15, 0.2) is 0 Å². The van der Waals surface area contributed by atoms with Gasteiger partial charge >= 0.3 is 5.97 Å². The molecular formula is C17H19FN2O5. The predicted octanol–water partition coefficient (Wildman–Crippen LogP) is 0.987. The van der Waals surface area contributed by atoms with E-state index in [0.29, 0.717) is 32.8 Å². The van der Waals surface area contributed by atoms with Gasteiger partial charge in [0, 0.05) is 32.8 Å². The van der Waals surface area contributed by atoms with Crippen LogP contribution in [0.2, 0.25) is 0 Å². The number of hydrogen-bond donors (Lipinski definition) is 1. The minimum atomic E-state index is -1.25. The van der Waals surface area contributed by atoms with Crippen molar-refractivity contribution in [1.82, 2.24) is 9.80 Å². The molecule has 2 fully saturated rings. The molecule has 2 saturated heterocycles. The number of halogens is 1. The van der Waals surface area contributed by atoms with E-state index in [1.165, 1.54) is 17.0 Å². The minimum Gasteiger partial charge on any atom is -0.478 e. The van der Waals surface area contributed by atoms with Gasteiger partial charge in [0.25, 0.3) is 11.8 Å². The maximum Gasteiger partial charge on any atom is 0.335 e. The highest BCUT2D eigenvalue weighted by Crippen LogP contribution is 2.18. The molecule has 0 radical (unpaired) electrons. The maximum atomic E-state index is 14.0. The number of nitrogens with zero attached hydrogens (tertiary/aromatic N) is 2. The number of carboxylic acids is 1. The molecule has 1 unspecified atom stereocenters. The van der Waals surface area contributed by atoms with Crippen LogP contribution in [0.3, 0.4) is 0 Å². The number of rotatable bonds is 3. The Labute approximate surface area is 144 Å². The van der Waals surface area contributed by atoms with Crippen LogP contribution in [0, 0.1) is 5.82 Å². The topological polar surface area (TPSA) is 87.2 Å². The SMILES string of the molecule is O=C(O)c1ccc(C(=O)N2CCN(C(=O)C3CCCO3)CC2)c(F)c1. The van der Waals surface area contributed by atoms with Crippen LogP contribution in [0.5, 0.6) is 0 Å². The summed E-state index contributed by atoms with van der Waals surface area (Å²) in [4.78, 5) is 38.7. The Hall–Kier alpha value is -2.48. The molecule has 7 nitrogen and oxygen atoms in total.